The van der Waals surface area contributed by atoms with Crippen LogP contribution in [0.2, 0.25) is 0 Å². The highest BCUT2D eigenvalue weighted by molar-refractivity contribution is 9.10. The fraction of sp³-hybridized carbons (Fsp3) is 0.500. The Morgan fingerprint density at radius 2 is 2.12 bits per heavy atom. The van der Waals surface area contributed by atoms with Crippen molar-refractivity contribution in [1.29, 1.82) is 0 Å². The van der Waals surface area contributed by atoms with Crippen LogP contribution in [0.5, 0.6) is 0 Å². The zero-order valence-electron chi connectivity index (χ0n) is 9.51. The summed E-state index contributed by atoms with van der Waals surface area (Å²) in [5.74, 6) is -0.208. The molecule has 0 saturated carbocycles. The first-order chi connectivity index (χ1) is 7.49. The summed E-state index contributed by atoms with van der Waals surface area (Å²) in [5, 5.41) is 0. The Hall–Kier alpha value is 0.0700. The third-order valence-corrected chi connectivity index (χ3v) is 3.41. The standard InChI is InChI=1S/C12H16Br2FN/c1-9(13)5-6-16(2)8-10-3-4-12(15)11(14)7-10/h3-4,7,9H,5-6,8H2,1-2H3. The van der Waals surface area contributed by atoms with Gasteiger partial charge in [-0.1, -0.05) is 28.9 Å². The predicted molar refractivity (Wildman–Crippen MR) is 73.4 cm³/mol. The number of benzene rings is 1. The van der Waals surface area contributed by atoms with Crippen LogP contribution in [0.3, 0.4) is 0 Å². The second-order valence-electron chi connectivity index (χ2n) is 4.06. The van der Waals surface area contributed by atoms with Crippen molar-refractivity contribution in [2.24, 2.45) is 0 Å². The van der Waals surface area contributed by atoms with Crippen LogP contribution in [0.25, 0.3) is 0 Å². The average Bonchev–Trinajstić information content (AvgIpc) is 2.21. The molecule has 1 atom stereocenters. The molecule has 0 spiro atoms. The Kier molecular flexibility index (Phi) is 5.94. The Morgan fingerprint density at radius 3 is 2.69 bits per heavy atom. The molecule has 1 unspecified atom stereocenters. The summed E-state index contributed by atoms with van der Waals surface area (Å²) in [5.41, 5.74) is 1.12. The zero-order valence-corrected chi connectivity index (χ0v) is 12.7. The van der Waals surface area contributed by atoms with Crippen molar-refractivity contribution in [3.63, 3.8) is 0 Å². The molecule has 0 heterocycles. The van der Waals surface area contributed by atoms with E-state index in [1.165, 1.54) is 6.07 Å². The highest BCUT2D eigenvalue weighted by atomic mass is 79.9. The molecule has 16 heavy (non-hydrogen) atoms. The van der Waals surface area contributed by atoms with Gasteiger partial charge in [-0.05, 0) is 53.6 Å². The van der Waals surface area contributed by atoms with Gasteiger partial charge in [0.2, 0.25) is 0 Å². The molecule has 0 amide bonds. The van der Waals surface area contributed by atoms with Gasteiger partial charge in [0, 0.05) is 11.4 Å². The summed E-state index contributed by atoms with van der Waals surface area (Å²) in [4.78, 5) is 2.77. The number of hydrogen-bond donors (Lipinski definition) is 0. The van der Waals surface area contributed by atoms with Gasteiger partial charge in [-0.25, -0.2) is 4.39 Å². The normalized spacial score (nSPS) is 13.1. The lowest BCUT2D eigenvalue weighted by Gasteiger charge is -2.17. The van der Waals surface area contributed by atoms with Crippen molar-refractivity contribution < 1.29 is 4.39 Å². The lowest BCUT2D eigenvalue weighted by atomic mass is 10.2. The molecule has 0 aliphatic rings. The van der Waals surface area contributed by atoms with Gasteiger partial charge in [-0.3, -0.25) is 0 Å². The van der Waals surface area contributed by atoms with E-state index >= 15 is 0 Å². The molecule has 0 N–H and O–H groups in total. The second-order valence-corrected chi connectivity index (χ2v) is 6.47. The van der Waals surface area contributed by atoms with E-state index in [1.807, 2.05) is 12.1 Å². The molecule has 0 bridgehead atoms. The quantitative estimate of drug-likeness (QED) is 0.718. The van der Waals surface area contributed by atoms with E-state index in [-0.39, 0.29) is 5.82 Å². The molecule has 0 aliphatic heterocycles. The van der Waals surface area contributed by atoms with Gasteiger partial charge < -0.3 is 4.90 Å². The van der Waals surface area contributed by atoms with Crippen molar-refractivity contribution >= 4 is 31.9 Å². The summed E-state index contributed by atoms with van der Waals surface area (Å²) < 4.78 is 13.6. The van der Waals surface area contributed by atoms with Gasteiger partial charge in [0.05, 0.1) is 4.47 Å². The second kappa shape index (κ2) is 6.72. The molecular formula is C12H16Br2FN. The van der Waals surface area contributed by atoms with Crippen LogP contribution in [0.1, 0.15) is 18.9 Å². The number of nitrogens with zero attached hydrogens (tertiary/aromatic N) is 1. The number of halogens is 3. The summed E-state index contributed by atoms with van der Waals surface area (Å²) in [6.07, 6.45) is 1.11. The fourth-order valence-corrected chi connectivity index (χ4v) is 2.06. The van der Waals surface area contributed by atoms with E-state index in [4.69, 9.17) is 0 Å². The third-order valence-electron chi connectivity index (χ3n) is 2.35. The number of rotatable bonds is 5. The summed E-state index contributed by atoms with van der Waals surface area (Å²) in [6, 6.07) is 5.16. The van der Waals surface area contributed by atoms with Crippen molar-refractivity contribution in [2.45, 2.75) is 24.7 Å². The van der Waals surface area contributed by atoms with Crippen molar-refractivity contribution in [2.75, 3.05) is 13.6 Å². The predicted octanol–water partition coefficient (Wildman–Crippen LogP) is 4.19. The number of hydrogen-bond acceptors (Lipinski definition) is 1. The summed E-state index contributed by atoms with van der Waals surface area (Å²) in [7, 11) is 2.08. The van der Waals surface area contributed by atoms with Crippen molar-refractivity contribution in [3.05, 3.63) is 34.1 Å². The van der Waals surface area contributed by atoms with E-state index in [1.54, 1.807) is 0 Å². The van der Waals surface area contributed by atoms with E-state index in [2.05, 4.69) is 50.7 Å². The first-order valence-electron chi connectivity index (χ1n) is 5.25. The molecule has 1 aromatic carbocycles. The molecule has 0 aromatic heterocycles. The minimum atomic E-state index is -0.208. The smallest absolute Gasteiger partial charge is 0.137 e. The molecular weight excluding hydrogens is 337 g/mol. The van der Waals surface area contributed by atoms with Gasteiger partial charge in [-0.2, -0.15) is 0 Å². The Labute approximate surface area is 113 Å². The van der Waals surface area contributed by atoms with E-state index in [9.17, 15) is 4.39 Å². The van der Waals surface area contributed by atoms with Crippen LogP contribution in [0.15, 0.2) is 22.7 Å². The molecule has 1 aromatic rings. The van der Waals surface area contributed by atoms with Crippen LogP contribution in [-0.2, 0) is 6.54 Å². The molecule has 4 heteroatoms. The molecule has 1 nitrogen and oxygen atoms in total. The lowest BCUT2D eigenvalue weighted by Crippen LogP contribution is -2.20. The van der Waals surface area contributed by atoms with E-state index in [0.717, 1.165) is 25.1 Å². The van der Waals surface area contributed by atoms with Gasteiger partial charge in [0.1, 0.15) is 5.82 Å². The summed E-state index contributed by atoms with van der Waals surface area (Å²) in [6.45, 7) is 4.02. The number of alkyl halides is 1. The highest BCUT2D eigenvalue weighted by Crippen LogP contribution is 2.17. The first-order valence-corrected chi connectivity index (χ1v) is 6.96. The maximum atomic E-state index is 13.0. The Bertz CT molecular complexity index is 342. The molecule has 0 fully saturated rings. The maximum absolute atomic E-state index is 13.0. The third kappa shape index (κ3) is 4.93. The molecule has 0 saturated heterocycles. The molecule has 1 rings (SSSR count). The molecule has 0 radical (unpaired) electrons. The highest BCUT2D eigenvalue weighted by Gasteiger charge is 2.05. The SMILES string of the molecule is CC(Br)CCN(C)Cc1ccc(F)c(Br)c1. The van der Waals surface area contributed by atoms with Crippen LogP contribution >= 0.6 is 31.9 Å². The minimum Gasteiger partial charge on any atom is -0.302 e. The van der Waals surface area contributed by atoms with Crippen LogP contribution < -0.4 is 0 Å². The van der Waals surface area contributed by atoms with Crippen molar-refractivity contribution in [3.8, 4) is 0 Å². The fourth-order valence-electron chi connectivity index (χ4n) is 1.43. The van der Waals surface area contributed by atoms with Gasteiger partial charge in [-0.15, -0.1) is 0 Å². The van der Waals surface area contributed by atoms with Crippen LogP contribution in [0, 0.1) is 5.82 Å². The van der Waals surface area contributed by atoms with Gasteiger partial charge in [0.25, 0.3) is 0 Å². The van der Waals surface area contributed by atoms with Crippen LogP contribution in [0.4, 0.5) is 4.39 Å². The topological polar surface area (TPSA) is 3.24 Å². The van der Waals surface area contributed by atoms with E-state index < -0.39 is 0 Å². The van der Waals surface area contributed by atoms with Gasteiger partial charge in [0.15, 0.2) is 0 Å². The Morgan fingerprint density at radius 1 is 1.44 bits per heavy atom. The average molecular weight is 353 g/mol. The molecule has 0 aliphatic carbocycles. The lowest BCUT2D eigenvalue weighted by molar-refractivity contribution is 0.322. The van der Waals surface area contributed by atoms with Gasteiger partial charge >= 0.3 is 0 Å². The zero-order chi connectivity index (χ0) is 12.1. The molecule has 90 valence electrons. The summed E-state index contributed by atoms with van der Waals surface area (Å²) >= 11 is 6.72. The van der Waals surface area contributed by atoms with Crippen LogP contribution in [-0.4, -0.2) is 23.3 Å². The van der Waals surface area contributed by atoms with Crippen molar-refractivity contribution in [1.82, 2.24) is 4.90 Å². The Balaban J connectivity index is 2.49. The first kappa shape index (κ1) is 14.1. The maximum Gasteiger partial charge on any atom is 0.137 e. The monoisotopic (exact) mass is 351 g/mol. The van der Waals surface area contributed by atoms with E-state index in [0.29, 0.717) is 9.30 Å². The minimum absolute atomic E-state index is 0.208. The largest absolute Gasteiger partial charge is 0.302 e.